The van der Waals surface area contributed by atoms with Gasteiger partial charge in [0.15, 0.2) is 0 Å². The van der Waals surface area contributed by atoms with E-state index in [0.29, 0.717) is 16.5 Å². The maximum absolute atomic E-state index is 11.3. The van der Waals surface area contributed by atoms with E-state index in [1.165, 1.54) is 6.20 Å². The van der Waals surface area contributed by atoms with Crippen molar-refractivity contribution in [3.05, 3.63) is 30.0 Å². The third kappa shape index (κ3) is 1.66. The average molecular weight is 255 g/mol. The highest BCUT2D eigenvalue weighted by molar-refractivity contribution is 8.14. The summed E-state index contributed by atoms with van der Waals surface area (Å²) >= 11 is 0. The minimum atomic E-state index is -3.76. The first-order valence-corrected chi connectivity index (χ1v) is 6.68. The SMILES string of the molecule is Cn1cc(S(=O)(=O)Cl)c2ccc(C#N)cc21. The minimum absolute atomic E-state index is 0.0659. The monoisotopic (exact) mass is 254 g/mol. The van der Waals surface area contributed by atoms with Gasteiger partial charge in [0.1, 0.15) is 4.90 Å². The summed E-state index contributed by atoms with van der Waals surface area (Å²) in [6.45, 7) is 0. The number of aryl methyl sites for hydroxylation is 1. The van der Waals surface area contributed by atoms with Crippen molar-refractivity contribution in [1.82, 2.24) is 4.57 Å². The number of benzene rings is 1. The highest BCUT2D eigenvalue weighted by Crippen LogP contribution is 2.27. The van der Waals surface area contributed by atoms with E-state index < -0.39 is 9.05 Å². The van der Waals surface area contributed by atoms with Crippen LogP contribution in [0.2, 0.25) is 0 Å². The van der Waals surface area contributed by atoms with E-state index in [0.717, 1.165) is 0 Å². The maximum atomic E-state index is 11.3. The van der Waals surface area contributed by atoms with Crippen LogP contribution in [0.25, 0.3) is 10.9 Å². The van der Waals surface area contributed by atoms with Gasteiger partial charge in [-0.2, -0.15) is 5.26 Å². The summed E-state index contributed by atoms with van der Waals surface area (Å²) in [5, 5.41) is 9.28. The third-order valence-corrected chi connectivity index (χ3v) is 3.70. The van der Waals surface area contributed by atoms with Gasteiger partial charge in [0.2, 0.25) is 0 Å². The van der Waals surface area contributed by atoms with Crippen molar-refractivity contribution in [2.45, 2.75) is 4.90 Å². The lowest BCUT2D eigenvalue weighted by Crippen LogP contribution is -1.88. The van der Waals surface area contributed by atoms with Crippen LogP contribution in [-0.4, -0.2) is 13.0 Å². The van der Waals surface area contributed by atoms with Gasteiger partial charge in [-0.3, -0.25) is 0 Å². The molecular weight excluding hydrogens is 248 g/mol. The second kappa shape index (κ2) is 3.51. The zero-order valence-corrected chi connectivity index (χ0v) is 9.88. The standard InChI is InChI=1S/C10H7ClN2O2S/c1-13-6-10(16(11,14)15)8-3-2-7(5-12)4-9(8)13/h2-4,6H,1H3. The Bertz CT molecular complexity index is 710. The van der Waals surface area contributed by atoms with Gasteiger partial charge < -0.3 is 4.57 Å². The Morgan fingerprint density at radius 3 is 2.69 bits per heavy atom. The van der Waals surface area contributed by atoms with Crippen LogP contribution in [-0.2, 0) is 16.1 Å². The molecule has 6 heteroatoms. The normalized spacial score (nSPS) is 11.6. The number of aromatic nitrogens is 1. The number of nitrogens with zero attached hydrogens (tertiary/aromatic N) is 2. The Morgan fingerprint density at radius 1 is 1.44 bits per heavy atom. The molecule has 2 aromatic rings. The molecule has 0 spiro atoms. The fourth-order valence-electron chi connectivity index (χ4n) is 1.61. The molecule has 0 aliphatic carbocycles. The molecule has 0 saturated carbocycles. The van der Waals surface area contributed by atoms with Crippen molar-refractivity contribution >= 4 is 30.6 Å². The van der Waals surface area contributed by atoms with Crippen molar-refractivity contribution in [3.63, 3.8) is 0 Å². The highest BCUT2D eigenvalue weighted by atomic mass is 35.7. The van der Waals surface area contributed by atoms with Gasteiger partial charge >= 0.3 is 0 Å². The molecule has 2 rings (SSSR count). The molecule has 1 aromatic heterocycles. The predicted octanol–water partition coefficient (Wildman–Crippen LogP) is 1.98. The van der Waals surface area contributed by atoms with Gasteiger partial charge in [-0.25, -0.2) is 8.42 Å². The molecule has 1 aromatic carbocycles. The Hall–Kier alpha value is -1.51. The van der Waals surface area contributed by atoms with E-state index in [-0.39, 0.29) is 4.90 Å². The second-order valence-corrected chi connectivity index (χ2v) is 5.92. The van der Waals surface area contributed by atoms with E-state index in [2.05, 4.69) is 0 Å². The molecule has 0 aliphatic heterocycles. The maximum Gasteiger partial charge on any atom is 0.263 e. The lowest BCUT2D eigenvalue weighted by atomic mass is 10.2. The van der Waals surface area contributed by atoms with Gasteiger partial charge in [-0.1, -0.05) is 6.07 Å². The van der Waals surface area contributed by atoms with Gasteiger partial charge in [-0.05, 0) is 12.1 Å². The predicted molar refractivity (Wildman–Crippen MR) is 60.7 cm³/mol. The van der Waals surface area contributed by atoms with Gasteiger partial charge in [0.25, 0.3) is 9.05 Å². The molecule has 4 nitrogen and oxygen atoms in total. The van der Waals surface area contributed by atoms with Crippen LogP contribution in [0.5, 0.6) is 0 Å². The van der Waals surface area contributed by atoms with Crippen molar-refractivity contribution < 1.29 is 8.42 Å². The zero-order valence-electron chi connectivity index (χ0n) is 8.31. The highest BCUT2D eigenvalue weighted by Gasteiger charge is 2.17. The van der Waals surface area contributed by atoms with Gasteiger partial charge in [0, 0.05) is 29.3 Å². The van der Waals surface area contributed by atoms with Crippen molar-refractivity contribution in [2.24, 2.45) is 7.05 Å². The molecule has 0 unspecified atom stereocenters. The van der Waals surface area contributed by atoms with E-state index in [9.17, 15) is 8.42 Å². The van der Waals surface area contributed by atoms with Gasteiger partial charge in [-0.15, -0.1) is 0 Å². The van der Waals surface area contributed by atoms with Crippen LogP contribution >= 0.6 is 10.7 Å². The summed E-state index contributed by atoms with van der Waals surface area (Å²) in [4.78, 5) is 0.0659. The molecule has 0 aliphatic rings. The summed E-state index contributed by atoms with van der Waals surface area (Å²) in [7, 11) is 3.26. The van der Waals surface area contributed by atoms with E-state index in [1.54, 1.807) is 29.8 Å². The number of halogens is 1. The van der Waals surface area contributed by atoms with Crippen LogP contribution in [0.15, 0.2) is 29.3 Å². The Morgan fingerprint density at radius 2 is 2.12 bits per heavy atom. The largest absolute Gasteiger partial charge is 0.349 e. The summed E-state index contributed by atoms with van der Waals surface area (Å²) in [6.07, 6.45) is 1.44. The zero-order chi connectivity index (χ0) is 11.9. The minimum Gasteiger partial charge on any atom is -0.349 e. The number of rotatable bonds is 1. The summed E-state index contributed by atoms with van der Waals surface area (Å²) in [5.74, 6) is 0. The molecule has 0 radical (unpaired) electrons. The topological polar surface area (TPSA) is 62.9 Å². The van der Waals surface area contributed by atoms with Crippen LogP contribution < -0.4 is 0 Å². The fraction of sp³-hybridized carbons (Fsp3) is 0.100. The first-order valence-electron chi connectivity index (χ1n) is 4.37. The van der Waals surface area contributed by atoms with E-state index >= 15 is 0 Å². The van der Waals surface area contributed by atoms with Crippen LogP contribution in [0.3, 0.4) is 0 Å². The molecule has 0 amide bonds. The average Bonchev–Trinajstić information content (AvgIpc) is 2.55. The quantitative estimate of drug-likeness (QED) is 0.731. The summed E-state index contributed by atoms with van der Waals surface area (Å²) in [6, 6.07) is 6.77. The Balaban J connectivity index is 2.89. The Kier molecular flexibility index (Phi) is 2.41. The summed E-state index contributed by atoms with van der Waals surface area (Å²) < 4.78 is 24.2. The smallest absolute Gasteiger partial charge is 0.263 e. The second-order valence-electron chi connectivity index (χ2n) is 3.39. The molecule has 0 saturated heterocycles. The first-order chi connectivity index (χ1) is 7.43. The first kappa shape index (κ1) is 11.0. The van der Waals surface area contributed by atoms with Crippen LogP contribution in [0, 0.1) is 11.3 Å². The molecule has 0 bridgehead atoms. The van der Waals surface area contributed by atoms with E-state index in [4.69, 9.17) is 15.9 Å². The van der Waals surface area contributed by atoms with Gasteiger partial charge in [0.05, 0.1) is 17.1 Å². The molecule has 0 atom stereocenters. The Labute approximate surface area is 97.1 Å². The van der Waals surface area contributed by atoms with Crippen molar-refractivity contribution in [2.75, 3.05) is 0 Å². The third-order valence-electron chi connectivity index (χ3n) is 2.35. The lowest BCUT2D eigenvalue weighted by molar-refractivity contribution is 0.610. The van der Waals surface area contributed by atoms with Crippen LogP contribution in [0.1, 0.15) is 5.56 Å². The number of nitriles is 1. The molecular formula is C10H7ClN2O2S. The van der Waals surface area contributed by atoms with Crippen LogP contribution in [0.4, 0.5) is 0 Å². The molecule has 0 N–H and O–H groups in total. The van der Waals surface area contributed by atoms with E-state index in [1.807, 2.05) is 6.07 Å². The van der Waals surface area contributed by atoms with Crippen molar-refractivity contribution in [3.8, 4) is 6.07 Å². The number of hydrogen-bond acceptors (Lipinski definition) is 3. The molecule has 82 valence electrons. The molecule has 16 heavy (non-hydrogen) atoms. The number of fused-ring (bicyclic) bond motifs is 1. The fourth-order valence-corrected chi connectivity index (χ4v) is 2.70. The molecule has 0 fully saturated rings. The molecule has 1 heterocycles. The van der Waals surface area contributed by atoms with Crippen molar-refractivity contribution in [1.29, 1.82) is 5.26 Å². The number of hydrogen-bond donors (Lipinski definition) is 0. The summed E-state index contributed by atoms with van der Waals surface area (Å²) in [5.41, 5.74) is 1.14. The lowest BCUT2D eigenvalue weighted by Gasteiger charge is -1.95.